The number of fused-ring (bicyclic) bond motifs is 1. The zero-order valence-electron chi connectivity index (χ0n) is 10.3. The molecule has 0 radical (unpaired) electrons. The van der Waals surface area contributed by atoms with Gasteiger partial charge in [-0.1, -0.05) is 27.5 Å². The molecular weight excluding hydrogens is 344 g/mol. The van der Waals surface area contributed by atoms with Gasteiger partial charge >= 0.3 is 0 Å². The van der Waals surface area contributed by atoms with E-state index in [0.717, 1.165) is 27.9 Å². The molecule has 0 spiro atoms. The third-order valence-electron chi connectivity index (χ3n) is 3.42. The van der Waals surface area contributed by atoms with Gasteiger partial charge in [0.1, 0.15) is 5.01 Å². The highest BCUT2D eigenvalue weighted by Gasteiger charge is 2.21. The zero-order chi connectivity index (χ0) is 13.4. The normalized spacial score (nSPS) is 16.2. The van der Waals surface area contributed by atoms with Crippen LogP contribution < -0.4 is 5.73 Å². The lowest BCUT2D eigenvalue weighted by molar-refractivity contribution is 0.678. The predicted octanol–water partition coefficient (Wildman–Crippen LogP) is 4.49. The topological polar surface area (TPSA) is 38.9 Å². The Kier molecular flexibility index (Phi) is 3.94. The van der Waals surface area contributed by atoms with Crippen LogP contribution in [0.15, 0.2) is 22.7 Å². The van der Waals surface area contributed by atoms with Crippen LogP contribution in [0.25, 0.3) is 0 Å². The van der Waals surface area contributed by atoms with Gasteiger partial charge in [-0.15, -0.1) is 11.3 Å². The molecule has 2 nitrogen and oxygen atoms in total. The van der Waals surface area contributed by atoms with E-state index in [9.17, 15) is 0 Å². The van der Waals surface area contributed by atoms with Gasteiger partial charge in [0.25, 0.3) is 0 Å². The monoisotopic (exact) mass is 356 g/mol. The van der Waals surface area contributed by atoms with Crippen molar-refractivity contribution in [2.24, 2.45) is 5.73 Å². The van der Waals surface area contributed by atoms with Crippen LogP contribution >= 0.6 is 38.9 Å². The Balaban J connectivity index is 1.97. The Morgan fingerprint density at radius 3 is 2.89 bits per heavy atom. The molecule has 0 saturated heterocycles. The van der Waals surface area contributed by atoms with Crippen molar-refractivity contribution in [3.05, 3.63) is 48.8 Å². The minimum absolute atomic E-state index is 0.236. The van der Waals surface area contributed by atoms with Crippen molar-refractivity contribution in [3.63, 3.8) is 0 Å². The average molecular weight is 358 g/mol. The van der Waals surface area contributed by atoms with E-state index in [-0.39, 0.29) is 6.04 Å². The van der Waals surface area contributed by atoms with E-state index < -0.39 is 0 Å². The van der Waals surface area contributed by atoms with Crippen LogP contribution in [-0.4, -0.2) is 4.98 Å². The van der Waals surface area contributed by atoms with E-state index >= 15 is 0 Å². The molecule has 5 heteroatoms. The third-order valence-corrected chi connectivity index (χ3v) is 5.50. The number of nitrogens with two attached hydrogens (primary N) is 1. The molecule has 3 rings (SSSR count). The van der Waals surface area contributed by atoms with Crippen molar-refractivity contribution in [1.82, 2.24) is 4.98 Å². The Hall–Kier alpha value is -0.420. The van der Waals surface area contributed by atoms with E-state index in [1.54, 1.807) is 11.3 Å². The van der Waals surface area contributed by atoms with Crippen molar-refractivity contribution in [2.45, 2.75) is 31.7 Å². The Morgan fingerprint density at radius 1 is 1.32 bits per heavy atom. The van der Waals surface area contributed by atoms with E-state index in [1.807, 2.05) is 18.2 Å². The van der Waals surface area contributed by atoms with Crippen LogP contribution in [0.4, 0.5) is 0 Å². The first-order chi connectivity index (χ1) is 9.15. The first-order valence-corrected chi connectivity index (χ1v) is 8.33. The van der Waals surface area contributed by atoms with Crippen LogP contribution in [0.1, 0.15) is 40.0 Å². The highest BCUT2D eigenvalue weighted by Crippen LogP contribution is 2.34. The molecular formula is C14H14BrClN2S. The number of hydrogen-bond donors (Lipinski definition) is 1. The van der Waals surface area contributed by atoms with Gasteiger partial charge in [0.05, 0.1) is 11.7 Å². The van der Waals surface area contributed by atoms with Crippen molar-refractivity contribution in [2.75, 3.05) is 0 Å². The lowest BCUT2D eigenvalue weighted by Gasteiger charge is -2.11. The Labute approximate surface area is 130 Å². The summed E-state index contributed by atoms with van der Waals surface area (Å²) in [7, 11) is 0. The predicted molar refractivity (Wildman–Crippen MR) is 83.9 cm³/mol. The first-order valence-electron chi connectivity index (χ1n) is 6.34. The fourth-order valence-corrected chi connectivity index (χ4v) is 4.18. The molecule has 1 aliphatic carbocycles. The summed E-state index contributed by atoms with van der Waals surface area (Å²) >= 11 is 11.4. The Morgan fingerprint density at radius 2 is 2.11 bits per heavy atom. The second-order valence-electron chi connectivity index (χ2n) is 4.77. The van der Waals surface area contributed by atoms with Crippen molar-refractivity contribution in [3.8, 4) is 0 Å². The van der Waals surface area contributed by atoms with Gasteiger partial charge in [0, 0.05) is 14.4 Å². The molecule has 1 aliphatic rings. The number of thiazole rings is 1. The molecule has 1 heterocycles. The summed E-state index contributed by atoms with van der Waals surface area (Å²) in [4.78, 5) is 6.12. The number of rotatable bonds is 2. The highest BCUT2D eigenvalue weighted by atomic mass is 79.9. The summed E-state index contributed by atoms with van der Waals surface area (Å²) in [5.74, 6) is 0. The maximum absolute atomic E-state index is 6.34. The fourth-order valence-electron chi connectivity index (χ4n) is 2.39. The average Bonchev–Trinajstić information content (AvgIpc) is 2.84. The number of benzene rings is 1. The highest BCUT2D eigenvalue weighted by molar-refractivity contribution is 9.10. The minimum atomic E-state index is -0.236. The smallest absolute Gasteiger partial charge is 0.114 e. The van der Waals surface area contributed by atoms with Gasteiger partial charge in [-0.05, 0) is 49.4 Å². The lowest BCUT2D eigenvalue weighted by Crippen LogP contribution is -2.12. The van der Waals surface area contributed by atoms with Crippen molar-refractivity contribution in [1.29, 1.82) is 0 Å². The van der Waals surface area contributed by atoms with Crippen LogP contribution in [-0.2, 0) is 12.8 Å². The second-order valence-corrected chi connectivity index (χ2v) is 7.21. The summed E-state index contributed by atoms with van der Waals surface area (Å²) in [5.41, 5.74) is 8.52. The molecule has 2 N–H and O–H groups in total. The van der Waals surface area contributed by atoms with Crippen LogP contribution in [0.2, 0.25) is 5.02 Å². The van der Waals surface area contributed by atoms with Crippen molar-refractivity contribution < 1.29 is 0 Å². The standard InChI is InChI=1S/C14H14BrClN2S/c15-8-5-6-10(16)9(7-8)13(17)14-18-11-3-1-2-4-12(11)19-14/h5-7,13H,1-4,17H2. The number of aromatic nitrogens is 1. The molecule has 0 amide bonds. The third kappa shape index (κ3) is 2.72. The van der Waals surface area contributed by atoms with Gasteiger partial charge < -0.3 is 5.73 Å². The largest absolute Gasteiger partial charge is 0.318 e. The summed E-state index contributed by atoms with van der Waals surface area (Å²) in [6.07, 6.45) is 4.74. The number of hydrogen-bond acceptors (Lipinski definition) is 3. The zero-order valence-corrected chi connectivity index (χ0v) is 13.5. The van der Waals surface area contributed by atoms with Gasteiger partial charge in [-0.2, -0.15) is 0 Å². The van der Waals surface area contributed by atoms with E-state index in [0.29, 0.717) is 5.02 Å². The molecule has 1 aromatic heterocycles. The van der Waals surface area contributed by atoms with Crippen LogP contribution in [0.5, 0.6) is 0 Å². The second kappa shape index (κ2) is 5.52. The summed E-state index contributed by atoms with van der Waals surface area (Å²) in [6.45, 7) is 0. The number of aryl methyl sites for hydroxylation is 2. The molecule has 0 aliphatic heterocycles. The molecule has 0 bridgehead atoms. The SMILES string of the molecule is NC(c1nc2c(s1)CCCC2)c1cc(Br)ccc1Cl. The van der Waals surface area contributed by atoms with Gasteiger partial charge in [0.15, 0.2) is 0 Å². The summed E-state index contributed by atoms with van der Waals surface area (Å²) < 4.78 is 0.990. The summed E-state index contributed by atoms with van der Waals surface area (Å²) in [5, 5.41) is 1.68. The molecule has 1 unspecified atom stereocenters. The maximum Gasteiger partial charge on any atom is 0.114 e. The number of nitrogens with zero attached hydrogens (tertiary/aromatic N) is 1. The van der Waals surface area contributed by atoms with Gasteiger partial charge in [-0.3, -0.25) is 0 Å². The molecule has 1 aromatic carbocycles. The summed E-state index contributed by atoms with van der Waals surface area (Å²) in [6, 6.07) is 5.54. The van der Waals surface area contributed by atoms with Gasteiger partial charge in [-0.25, -0.2) is 4.98 Å². The molecule has 100 valence electrons. The first kappa shape index (κ1) is 13.6. The fraction of sp³-hybridized carbons (Fsp3) is 0.357. The van der Waals surface area contributed by atoms with Gasteiger partial charge in [0.2, 0.25) is 0 Å². The lowest BCUT2D eigenvalue weighted by atomic mass is 10.0. The van der Waals surface area contributed by atoms with E-state index in [4.69, 9.17) is 22.3 Å². The minimum Gasteiger partial charge on any atom is -0.318 e. The maximum atomic E-state index is 6.34. The molecule has 0 saturated carbocycles. The molecule has 0 fully saturated rings. The van der Waals surface area contributed by atoms with Crippen molar-refractivity contribution >= 4 is 38.9 Å². The molecule has 2 aromatic rings. The van der Waals surface area contributed by atoms with E-state index in [2.05, 4.69) is 15.9 Å². The molecule has 19 heavy (non-hydrogen) atoms. The van der Waals surface area contributed by atoms with E-state index in [1.165, 1.54) is 23.4 Å². The van der Waals surface area contributed by atoms with Crippen LogP contribution in [0, 0.1) is 0 Å². The van der Waals surface area contributed by atoms with Crippen LogP contribution in [0.3, 0.4) is 0 Å². The molecule has 1 atom stereocenters. The Bertz CT molecular complexity index is 588. The number of halogens is 2. The quantitative estimate of drug-likeness (QED) is 0.860.